The number of sulfonamides is 1. The number of aromatic nitrogens is 2. The molecule has 0 fully saturated rings. The van der Waals surface area contributed by atoms with Gasteiger partial charge < -0.3 is 9.84 Å². The first-order valence-electron chi connectivity index (χ1n) is 5.79. The summed E-state index contributed by atoms with van der Waals surface area (Å²) in [6.45, 7) is 4.47. The predicted molar refractivity (Wildman–Crippen MR) is 70.1 cm³/mol. The van der Waals surface area contributed by atoms with Crippen LogP contribution in [0.4, 0.5) is 0 Å². The van der Waals surface area contributed by atoms with E-state index in [4.69, 9.17) is 9.84 Å². The van der Waals surface area contributed by atoms with Crippen molar-refractivity contribution < 1.29 is 18.3 Å². The van der Waals surface area contributed by atoms with E-state index in [9.17, 15) is 8.42 Å². The standard InChI is InChI=1S/C11H19N3O4S/c1-3-4-14(6-8-18-2)19(16,17)11-9-12-13(10-11)5-7-15/h3,9-10,15H,1,4-8H2,2H3. The van der Waals surface area contributed by atoms with Gasteiger partial charge in [-0.25, -0.2) is 8.42 Å². The Labute approximate surface area is 113 Å². The van der Waals surface area contributed by atoms with Gasteiger partial charge >= 0.3 is 0 Å². The van der Waals surface area contributed by atoms with Crippen LogP contribution in [0.15, 0.2) is 29.9 Å². The first-order chi connectivity index (χ1) is 9.06. The lowest BCUT2D eigenvalue weighted by molar-refractivity contribution is 0.182. The highest BCUT2D eigenvalue weighted by atomic mass is 32.2. The highest BCUT2D eigenvalue weighted by Crippen LogP contribution is 2.14. The highest BCUT2D eigenvalue weighted by Gasteiger charge is 2.24. The van der Waals surface area contributed by atoms with Gasteiger partial charge in [-0.05, 0) is 0 Å². The number of aliphatic hydroxyl groups is 1. The first-order valence-corrected chi connectivity index (χ1v) is 7.23. The lowest BCUT2D eigenvalue weighted by atomic mass is 10.6. The van der Waals surface area contributed by atoms with Crippen molar-refractivity contribution in [1.82, 2.24) is 14.1 Å². The largest absolute Gasteiger partial charge is 0.394 e. The number of aliphatic hydroxyl groups excluding tert-OH is 1. The van der Waals surface area contributed by atoms with E-state index in [-0.39, 0.29) is 31.1 Å². The van der Waals surface area contributed by atoms with E-state index in [0.29, 0.717) is 6.61 Å². The van der Waals surface area contributed by atoms with Gasteiger partial charge in [0.1, 0.15) is 4.90 Å². The van der Waals surface area contributed by atoms with Crippen molar-refractivity contribution in [1.29, 1.82) is 0 Å². The summed E-state index contributed by atoms with van der Waals surface area (Å²) in [4.78, 5) is 0.0962. The molecule has 0 saturated heterocycles. The molecule has 19 heavy (non-hydrogen) atoms. The van der Waals surface area contributed by atoms with Gasteiger partial charge in [0.2, 0.25) is 10.0 Å². The lowest BCUT2D eigenvalue weighted by Gasteiger charge is -2.19. The Morgan fingerprint density at radius 1 is 1.63 bits per heavy atom. The summed E-state index contributed by atoms with van der Waals surface area (Å²) in [5, 5.41) is 12.7. The second kappa shape index (κ2) is 7.39. The average Bonchev–Trinajstić information content (AvgIpc) is 2.84. The molecule has 1 heterocycles. The van der Waals surface area contributed by atoms with E-state index in [0.717, 1.165) is 0 Å². The fourth-order valence-electron chi connectivity index (χ4n) is 1.50. The molecule has 0 unspecified atom stereocenters. The van der Waals surface area contributed by atoms with Crippen molar-refractivity contribution in [2.75, 3.05) is 33.4 Å². The second-order valence-electron chi connectivity index (χ2n) is 3.81. The van der Waals surface area contributed by atoms with Crippen LogP contribution in [0.25, 0.3) is 0 Å². The maximum atomic E-state index is 12.4. The van der Waals surface area contributed by atoms with Crippen LogP contribution in [0, 0.1) is 0 Å². The van der Waals surface area contributed by atoms with Gasteiger partial charge in [0.15, 0.2) is 0 Å². The number of nitrogens with zero attached hydrogens (tertiary/aromatic N) is 3. The van der Waals surface area contributed by atoms with Gasteiger partial charge in [0.25, 0.3) is 0 Å². The predicted octanol–water partition coefficient (Wildman–Crippen LogP) is -0.301. The molecular weight excluding hydrogens is 270 g/mol. The quantitative estimate of drug-likeness (QED) is 0.631. The Bertz CT molecular complexity index is 498. The molecule has 0 bridgehead atoms. The number of rotatable bonds is 9. The molecule has 0 radical (unpaired) electrons. The van der Waals surface area contributed by atoms with E-state index in [2.05, 4.69) is 11.7 Å². The number of hydrogen-bond acceptors (Lipinski definition) is 5. The van der Waals surface area contributed by atoms with Crippen molar-refractivity contribution in [3.05, 3.63) is 25.0 Å². The van der Waals surface area contributed by atoms with Crippen LogP contribution < -0.4 is 0 Å². The molecular formula is C11H19N3O4S. The minimum atomic E-state index is -3.62. The molecule has 0 atom stereocenters. The van der Waals surface area contributed by atoms with Crippen LogP contribution in [0.3, 0.4) is 0 Å². The maximum Gasteiger partial charge on any atom is 0.246 e. The SMILES string of the molecule is C=CCN(CCOC)S(=O)(=O)c1cnn(CCO)c1. The van der Waals surface area contributed by atoms with E-state index in [1.54, 1.807) is 0 Å². The molecule has 1 aromatic rings. The first kappa shape index (κ1) is 15.8. The van der Waals surface area contributed by atoms with E-state index in [1.807, 2.05) is 0 Å². The van der Waals surface area contributed by atoms with Gasteiger partial charge in [-0.1, -0.05) is 6.08 Å². The Kier molecular flexibility index (Phi) is 6.16. The molecule has 1 aromatic heterocycles. The third-order valence-electron chi connectivity index (χ3n) is 2.45. The van der Waals surface area contributed by atoms with Crippen LogP contribution in [0.2, 0.25) is 0 Å². The fraction of sp³-hybridized carbons (Fsp3) is 0.545. The molecule has 1 N–H and O–H groups in total. The molecule has 0 aliphatic rings. The smallest absolute Gasteiger partial charge is 0.246 e. The summed E-state index contributed by atoms with van der Waals surface area (Å²) in [5.74, 6) is 0. The zero-order chi connectivity index (χ0) is 14.3. The molecule has 7 nitrogen and oxygen atoms in total. The van der Waals surface area contributed by atoms with Crippen molar-refractivity contribution in [2.45, 2.75) is 11.4 Å². The van der Waals surface area contributed by atoms with E-state index < -0.39 is 10.0 Å². The van der Waals surface area contributed by atoms with Gasteiger partial charge in [0, 0.05) is 26.4 Å². The fourth-order valence-corrected chi connectivity index (χ4v) is 2.85. The molecule has 0 aromatic carbocycles. The lowest BCUT2D eigenvalue weighted by Crippen LogP contribution is -2.33. The molecule has 0 aliphatic carbocycles. The summed E-state index contributed by atoms with van der Waals surface area (Å²) in [6, 6.07) is 0. The average molecular weight is 289 g/mol. The van der Waals surface area contributed by atoms with Gasteiger partial charge in [0.05, 0.1) is 26.0 Å². The number of methoxy groups -OCH3 is 1. The van der Waals surface area contributed by atoms with Crippen LogP contribution >= 0.6 is 0 Å². The summed E-state index contributed by atoms with van der Waals surface area (Å²) in [7, 11) is -2.10. The molecule has 108 valence electrons. The zero-order valence-corrected chi connectivity index (χ0v) is 11.7. The zero-order valence-electron chi connectivity index (χ0n) is 10.9. The summed E-state index contributed by atoms with van der Waals surface area (Å²) in [6.07, 6.45) is 4.19. The van der Waals surface area contributed by atoms with E-state index >= 15 is 0 Å². The monoisotopic (exact) mass is 289 g/mol. The normalized spacial score (nSPS) is 11.9. The van der Waals surface area contributed by atoms with Crippen molar-refractivity contribution in [3.63, 3.8) is 0 Å². The number of ether oxygens (including phenoxy) is 1. The molecule has 0 aliphatic heterocycles. The molecule has 0 amide bonds. The van der Waals surface area contributed by atoms with E-state index in [1.165, 1.54) is 34.6 Å². The highest BCUT2D eigenvalue weighted by molar-refractivity contribution is 7.89. The summed E-state index contributed by atoms with van der Waals surface area (Å²) >= 11 is 0. The minimum absolute atomic E-state index is 0.0960. The maximum absolute atomic E-state index is 12.4. The summed E-state index contributed by atoms with van der Waals surface area (Å²) < 4.78 is 32.3. The van der Waals surface area contributed by atoms with Crippen molar-refractivity contribution in [2.24, 2.45) is 0 Å². The second-order valence-corrected chi connectivity index (χ2v) is 5.75. The topological polar surface area (TPSA) is 84.7 Å². The van der Waals surface area contributed by atoms with Gasteiger partial charge in [-0.3, -0.25) is 4.68 Å². The van der Waals surface area contributed by atoms with Crippen LogP contribution in [-0.4, -0.2) is 61.0 Å². The van der Waals surface area contributed by atoms with Gasteiger partial charge in [-0.2, -0.15) is 9.40 Å². The minimum Gasteiger partial charge on any atom is -0.394 e. The molecule has 0 saturated carbocycles. The Hall–Kier alpha value is -1.22. The Morgan fingerprint density at radius 2 is 2.37 bits per heavy atom. The third kappa shape index (κ3) is 4.13. The van der Waals surface area contributed by atoms with Gasteiger partial charge in [-0.15, -0.1) is 6.58 Å². The molecule has 8 heteroatoms. The van der Waals surface area contributed by atoms with Crippen LogP contribution in [-0.2, 0) is 21.3 Å². The number of hydrogen-bond donors (Lipinski definition) is 1. The molecule has 0 spiro atoms. The molecule has 1 rings (SSSR count). The Morgan fingerprint density at radius 3 is 2.95 bits per heavy atom. The van der Waals surface area contributed by atoms with Crippen LogP contribution in [0.1, 0.15) is 0 Å². The third-order valence-corrected chi connectivity index (χ3v) is 4.27. The van der Waals surface area contributed by atoms with Crippen molar-refractivity contribution >= 4 is 10.0 Å². The summed E-state index contributed by atoms with van der Waals surface area (Å²) in [5.41, 5.74) is 0. The van der Waals surface area contributed by atoms with Crippen molar-refractivity contribution in [3.8, 4) is 0 Å². The Balaban J connectivity index is 2.93. The van der Waals surface area contributed by atoms with Crippen LogP contribution in [0.5, 0.6) is 0 Å².